The molecule has 0 saturated carbocycles. The quantitative estimate of drug-likeness (QED) is 0.703. The maximum Gasteiger partial charge on any atom is 0.0632 e. The first-order valence-electron chi connectivity index (χ1n) is 6.89. The van der Waals surface area contributed by atoms with E-state index in [0.29, 0.717) is 16.7 Å². The van der Waals surface area contributed by atoms with E-state index in [-0.39, 0.29) is 0 Å². The molecule has 1 aromatic carbocycles. The van der Waals surface area contributed by atoms with Crippen LogP contribution in [0.3, 0.4) is 0 Å². The van der Waals surface area contributed by atoms with Crippen LogP contribution in [-0.2, 0) is 11.2 Å². The minimum absolute atomic E-state index is 0.339. The van der Waals surface area contributed by atoms with Crippen molar-refractivity contribution in [3.05, 3.63) is 34.4 Å². The Hall–Kier alpha value is -0.340. The summed E-state index contributed by atoms with van der Waals surface area (Å²) < 4.78 is 5.68. The number of ether oxygens (including phenoxy) is 1. The minimum atomic E-state index is 0.339. The summed E-state index contributed by atoms with van der Waals surface area (Å²) in [6.45, 7) is 10.7. The number of rotatable bonds is 2. The standard InChI is InChI=1S/C16H23BrO/c1-10(2)12-7-14(11(3)4)13-5-6-18-9-16(17)15(13)8-12/h7-8,10-11,16H,5-6,9H2,1-4H3. The van der Waals surface area contributed by atoms with E-state index >= 15 is 0 Å². The summed E-state index contributed by atoms with van der Waals surface area (Å²) >= 11 is 3.78. The van der Waals surface area contributed by atoms with E-state index in [0.717, 1.165) is 19.6 Å². The fraction of sp³-hybridized carbons (Fsp3) is 0.625. The average molecular weight is 311 g/mol. The molecule has 0 aliphatic carbocycles. The monoisotopic (exact) mass is 310 g/mol. The van der Waals surface area contributed by atoms with Crippen molar-refractivity contribution >= 4 is 15.9 Å². The molecule has 0 spiro atoms. The Kier molecular flexibility index (Phi) is 4.50. The van der Waals surface area contributed by atoms with Crippen molar-refractivity contribution in [2.24, 2.45) is 0 Å². The van der Waals surface area contributed by atoms with E-state index in [9.17, 15) is 0 Å². The van der Waals surface area contributed by atoms with Crippen LogP contribution in [0.5, 0.6) is 0 Å². The number of fused-ring (bicyclic) bond motifs is 1. The van der Waals surface area contributed by atoms with Crippen LogP contribution in [0.15, 0.2) is 12.1 Å². The lowest BCUT2D eigenvalue weighted by Crippen LogP contribution is -2.06. The number of halogens is 1. The van der Waals surface area contributed by atoms with Crippen molar-refractivity contribution < 1.29 is 4.74 Å². The molecule has 1 atom stereocenters. The van der Waals surface area contributed by atoms with Crippen molar-refractivity contribution in [1.82, 2.24) is 0 Å². The Morgan fingerprint density at radius 2 is 1.89 bits per heavy atom. The van der Waals surface area contributed by atoms with Crippen LogP contribution in [0.2, 0.25) is 0 Å². The fourth-order valence-electron chi connectivity index (χ4n) is 2.61. The Bertz CT molecular complexity index is 423. The highest BCUT2D eigenvalue weighted by atomic mass is 79.9. The van der Waals surface area contributed by atoms with Gasteiger partial charge in [-0.1, -0.05) is 55.8 Å². The smallest absolute Gasteiger partial charge is 0.0632 e. The van der Waals surface area contributed by atoms with Gasteiger partial charge in [-0.15, -0.1) is 0 Å². The first-order chi connectivity index (χ1) is 8.50. The van der Waals surface area contributed by atoms with Crippen LogP contribution in [0, 0.1) is 0 Å². The molecule has 18 heavy (non-hydrogen) atoms. The van der Waals surface area contributed by atoms with Crippen molar-refractivity contribution in [2.45, 2.75) is 50.8 Å². The maximum atomic E-state index is 5.68. The molecule has 1 heterocycles. The van der Waals surface area contributed by atoms with Gasteiger partial charge < -0.3 is 4.74 Å². The van der Waals surface area contributed by atoms with Crippen LogP contribution < -0.4 is 0 Å². The van der Waals surface area contributed by atoms with Crippen molar-refractivity contribution in [1.29, 1.82) is 0 Å². The van der Waals surface area contributed by atoms with Gasteiger partial charge in [-0.05, 0) is 40.5 Å². The first-order valence-corrected chi connectivity index (χ1v) is 7.80. The van der Waals surface area contributed by atoms with Gasteiger partial charge in [0, 0.05) is 0 Å². The average Bonchev–Trinajstić information content (AvgIpc) is 2.50. The SMILES string of the molecule is CC(C)c1cc(C(C)C)c2c(c1)C(Br)COCC2. The molecule has 0 aromatic heterocycles. The molecule has 0 N–H and O–H groups in total. The lowest BCUT2D eigenvalue weighted by atomic mass is 9.86. The van der Waals surface area contributed by atoms with Gasteiger partial charge in [0.25, 0.3) is 0 Å². The predicted molar refractivity (Wildman–Crippen MR) is 80.8 cm³/mol. The minimum Gasteiger partial charge on any atom is -0.380 e. The maximum absolute atomic E-state index is 5.68. The van der Waals surface area contributed by atoms with Gasteiger partial charge in [-0.2, -0.15) is 0 Å². The van der Waals surface area contributed by atoms with Gasteiger partial charge in [-0.3, -0.25) is 0 Å². The molecule has 1 aliphatic rings. The summed E-state index contributed by atoms with van der Waals surface area (Å²) in [6.07, 6.45) is 1.04. The zero-order valence-electron chi connectivity index (χ0n) is 11.8. The van der Waals surface area contributed by atoms with E-state index < -0.39 is 0 Å². The summed E-state index contributed by atoms with van der Waals surface area (Å²) in [5.41, 5.74) is 5.91. The molecule has 1 nitrogen and oxygen atoms in total. The zero-order valence-corrected chi connectivity index (χ0v) is 13.4. The third kappa shape index (κ3) is 2.80. The molecule has 0 radical (unpaired) electrons. The Morgan fingerprint density at radius 3 is 2.50 bits per heavy atom. The van der Waals surface area contributed by atoms with Crippen molar-refractivity contribution in [2.75, 3.05) is 13.2 Å². The second-order valence-electron chi connectivity index (χ2n) is 5.78. The molecule has 0 fully saturated rings. The van der Waals surface area contributed by atoms with E-state index in [4.69, 9.17) is 4.74 Å². The Balaban J connectivity index is 2.58. The number of hydrogen-bond acceptors (Lipinski definition) is 1. The van der Waals surface area contributed by atoms with Gasteiger partial charge in [0.1, 0.15) is 0 Å². The molecular formula is C16H23BrO. The Labute approximate surface area is 119 Å². The van der Waals surface area contributed by atoms with Gasteiger partial charge in [0.05, 0.1) is 18.0 Å². The molecule has 2 rings (SSSR count). The molecule has 0 amide bonds. The second kappa shape index (κ2) is 5.75. The normalized spacial score (nSPS) is 20.1. The summed E-state index contributed by atoms with van der Waals surface area (Å²) in [5.74, 6) is 1.16. The molecule has 1 unspecified atom stereocenters. The van der Waals surface area contributed by atoms with E-state index in [2.05, 4.69) is 55.8 Å². The summed E-state index contributed by atoms with van der Waals surface area (Å²) in [7, 11) is 0. The predicted octanol–water partition coefficient (Wildman–Crippen LogP) is 4.94. The van der Waals surface area contributed by atoms with Crippen LogP contribution in [-0.4, -0.2) is 13.2 Å². The summed E-state index contributed by atoms with van der Waals surface area (Å²) in [4.78, 5) is 0.339. The van der Waals surface area contributed by atoms with E-state index in [1.54, 1.807) is 0 Å². The highest BCUT2D eigenvalue weighted by Gasteiger charge is 2.21. The summed E-state index contributed by atoms with van der Waals surface area (Å²) in [6, 6.07) is 4.78. The third-order valence-corrected chi connectivity index (χ3v) is 4.49. The third-order valence-electron chi connectivity index (χ3n) is 3.73. The number of hydrogen-bond donors (Lipinski definition) is 0. The van der Waals surface area contributed by atoms with Gasteiger partial charge >= 0.3 is 0 Å². The molecule has 1 aliphatic heterocycles. The van der Waals surface area contributed by atoms with Crippen molar-refractivity contribution in [3.8, 4) is 0 Å². The van der Waals surface area contributed by atoms with Crippen LogP contribution in [0.25, 0.3) is 0 Å². The molecule has 2 heteroatoms. The van der Waals surface area contributed by atoms with Gasteiger partial charge in [0.2, 0.25) is 0 Å². The highest BCUT2D eigenvalue weighted by molar-refractivity contribution is 9.09. The molecule has 0 saturated heterocycles. The molecular weight excluding hydrogens is 288 g/mol. The summed E-state index contributed by atoms with van der Waals surface area (Å²) in [5, 5.41) is 0. The van der Waals surface area contributed by atoms with Crippen molar-refractivity contribution in [3.63, 3.8) is 0 Å². The van der Waals surface area contributed by atoms with Gasteiger partial charge in [0.15, 0.2) is 0 Å². The largest absolute Gasteiger partial charge is 0.380 e. The van der Waals surface area contributed by atoms with E-state index in [1.165, 1.54) is 22.3 Å². The highest BCUT2D eigenvalue weighted by Crippen LogP contribution is 2.36. The topological polar surface area (TPSA) is 9.23 Å². The van der Waals surface area contributed by atoms with E-state index in [1.807, 2.05) is 0 Å². The first kappa shape index (κ1) is 14.1. The lowest BCUT2D eigenvalue weighted by molar-refractivity contribution is 0.145. The fourth-order valence-corrected chi connectivity index (χ4v) is 3.20. The Morgan fingerprint density at radius 1 is 1.17 bits per heavy atom. The molecule has 0 bridgehead atoms. The number of benzene rings is 1. The van der Waals surface area contributed by atoms with Crippen LogP contribution in [0.4, 0.5) is 0 Å². The van der Waals surface area contributed by atoms with Gasteiger partial charge in [-0.25, -0.2) is 0 Å². The molecule has 1 aromatic rings. The number of alkyl halides is 1. The van der Waals surface area contributed by atoms with Crippen LogP contribution in [0.1, 0.15) is 66.6 Å². The second-order valence-corrected chi connectivity index (χ2v) is 6.89. The lowest BCUT2D eigenvalue weighted by Gasteiger charge is -2.21. The molecule has 100 valence electrons. The van der Waals surface area contributed by atoms with Crippen LogP contribution >= 0.6 is 15.9 Å². The zero-order chi connectivity index (χ0) is 13.3.